The maximum atomic E-state index is 11.4. The molecular formula is C10H10ClN3O2. The fourth-order valence-corrected chi connectivity index (χ4v) is 2.34. The van der Waals surface area contributed by atoms with E-state index in [1.807, 2.05) is 0 Å². The first kappa shape index (κ1) is 9.84. The summed E-state index contributed by atoms with van der Waals surface area (Å²) in [4.78, 5) is 19.3. The van der Waals surface area contributed by atoms with Gasteiger partial charge < -0.3 is 4.74 Å². The van der Waals surface area contributed by atoms with E-state index in [9.17, 15) is 4.79 Å². The van der Waals surface area contributed by atoms with Crippen molar-refractivity contribution >= 4 is 23.5 Å². The van der Waals surface area contributed by atoms with Crippen molar-refractivity contribution in [1.29, 1.82) is 0 Å². The Morgan fingerprint density at radius 1 is 1.44 bits per heavy atom. The smallest absolute Gasteiger partial charge is 0.413 e. The molecule has 1 atom stereocenters. The van der Waals surface area contributed by atoms with Gasteiger partial charge in [0, 0.05) is 5.92 Å². The average molecular weight is 240 g/mol. The van der Waals surface area contributed by atoms with Crippen LogP contribution in [0.4, 0.5) is 10.6 Å². The minimum absolute atomic E-state index is 0.286. The maximum absolute atomic E-state index is 11.4. The number of aromatic nitrogens is 2. The van der Waals surface area contributed by atoms with Crippen LogP contribution in [0.15, 0.2) is 6.33 Å². The lowest BCUT2D eigenvalue weighted by Gasteiger charge is -2.36. The van der Waals surface area contributed by atoms with Crippen LogP contribution in [-0.4, -0.2) is 16.1 Å². The number of ether oxygens (including phenoxy) is 1. The van der Waals surface area contributed by atoms with Crippen LogP contribution in [-0.2, 0) is 4.74 Å². The predicted octanol–water partition coefficient (Wildman–Crippen LogP) is 2.53. The molecule has 1 aromatic rings. The lowest BCUT2D eigenvalue weighted by Crippen LogP contribution is -2.32. The molecule has 5 nitrogen and oxygen atoms in total. The molecule has 0 radical (unpaired) electrons. The second-order valence-electron chi connectivity index (χ2n) is 4.07. The second-order valence-corrected chi connectivity index (χ2v) is 4.43. The summed E-state index contributed by atoms with van der Waals surface area (Å²) < 4.78 is 5.28. The SMILES string of the molecule is O=C1Nc2ncnc(Cl)c2C(C2CCC2)O1. The molecule has 1 aromatic heterocycles. The van der Waals surface area contributed by atoms with E-state index in [0.717, 1.165) is 12.8 Å². The van der Waals surface area contributed by atoms with Crippen molar-refractivity contribution in [2.24, 2.45) is 5.92 Å². The van der Waals surface area contributed by atoms with Gasteiger partial charge >= 0.3 is 6.09 Å². The summed E-state index contributed by atoms with van der Waals surface area (Å²) in [6.45, 7) is 0. The number of cyclic esters (lactones) is 1. The van der Waals surface area contributed by atoms with Crippen LogP contribution in [0, 0.1) is 5.92 Å². The number of amides is 1. The molecule has 0 aromatic carbocycles. The molecule has 1 amide bonds. The number of nitrogens with one attached hydrogen (secondary N) is 1. The Hall–Kier alpha value is -1.36. The van der Waals surface area contributed by atoms with E-state index >= 15 is 0 Å². The molecule has 0 bridgehead atoms. The molecular weight excluding hydrogens is 230 g/mol. The van der Waals surface area contributed by atoms with Crippen molar-refractivity contribution in [3.8, 4) is 0 Å². The van der Waals surface area contributed by atoms with Crippen LogP contribution in [0.1, 0.15) is 30.9 Å². The van der Waals surface area contributed by atoms with Crippen molar-refractivity contribution < 1.29 is 9.53 Å². The van der Waals surface area contributed by atoms with Gasteiger partial charge in [0.05, 0.1) is 5.56 Å². The zero-order chi connectivity index (χ0) is 11.1. The molecule has 0 spiro atoms. The van der Waals surface area contributed by atoms with E-state index in [1.165, 1.54) is 12.7 Å². The normalized spacial score (nSPS) is 24.1. The van der Waals surface area contributed by atoms with Crippen molar-refractivity contribution in [1.82, 2.24) is 9.97 Å². The summed E-state index contributed by atoms with van der Waals surface area (Å²) in [5.41, 5.74) is 0.716. The van der Waals surface area contributed by atoms with Crippen LogP contribution >= 0.6 is 11.6 Å². The number of hydrogen-bond donors (Lipinski definition) is 1. The molecule has 16 heavy (non-hydrogen) atoms. The summed E-state index contributed by atoms with van der Waals surface area (Å²) in [7, 11) is 0. The summed E-state index contributed by atoms with van der Waals surface area (Å²) >= 11 is 6.03. The standard InChI is InChI=1S/C10H10ClN3O2/c11-8-6-7(5-2-1-3-5)16-10(15)14-9(6)13-4-12-8/h4-5,7H,1-3H2,(H,12,13,14,15). The molecule has 2 aliphatic rings. The first-order valence-corrected chi connectivity index (χ1v) is 5.61. The maximum Gasteiger partial charge on any atom is 0.413 e. The Morgan fingerprint density at radius 3 is 2.94 bits per heavy atom. The molecule has 84 valence electrons. The molecule has 3 rings (SSSR count). The number of carbonyl (C=O) groups excluding carboxylic acids is 1. The van der Waals surface area contributed by atoms with Crippen LogP contribution in [0.5, 0.6) is 0 Å². The van der Waals surface area contributed by atoms with Crippen LogP contribution in [0.25, 0.3) is 0 Å². The summed E-state index contributed by atoms with van der Waals surface area (Å²) in [6.07, 6.45) is 3.88. The van der Waals surface area contributed by atoms with Gasteiger partial charge in [-0.15, -0.1) is 0 Å². The van der Waals surface area contributed by atoms with E-state index in [1.54, 1.807) is 0 Å². The number of fused-ring (bicyclic) bond motifs is 1. The Kier molecular flexibility index (Phi) is 2.21. The molecule has 1 aliphatic carbocycles. The number of anilines is 1. The molecule has 1 saturated carbocycles. The molecule has 1 fully saturated rings. The van der Waals surface area contributed by atoms with Gasteiger partial charge in [0.15, 0.2) is 0 Å². The zero-order valence-electron chi connectivity index (χ0n) is 8.44. The highest BCUT2D eigenvalue weighted by molar-refractivity contribution is 6.30. The van der Waals surface area contributed by atoms with Gasteiger partial charge in [-0.25, -0.2) is 14.8 Å². The van der Waals surface area contributed by atoms with Crippen molar-refractivity contribution in [2.75, 3.05) is 5.32 Å². The lowest BCUT2D eigenvalue weighted by atomic mass is 9.78. The highest BCUT2D eigenvalue weighted by Gasteiger charge is 2.38. The van der Waals surface area contributed by atoms with E-state index in [-0.39, 0.29) is 6.10 Å². The fourth-order valence-electron chi connectivity index (χ4n) is 2.10. The summed E-state index contributed by atoms with van der Waals surface area (Å²) in [5.74, 6) is 0.835. The Bertz CT molecular complexity index is 448. The van der Waals surface area contributed by atoms with Crippen molar-refractivity contribution in [3.05, 3.63) is 17.0 Å². The van der Waals surface area contributed by atoms with E-state index < -0.39 is 6.09 Å². The first-order chi connectivity index (χ1) is 7.75. The monoisotopic (exact) mass is 239 g/mol. The van der Waals surface area contributed by atoms with Crippen molar-refractivity contribution in [3.63, 3.8) is 0 Å². The predicted molar refractivity (Wildman–Crippen MR) is 57.2 cm³/mol. The molecule has 1 N–H and O–H groups in total. The van der Waals surface area contributed by atoms with Gasteiger partial charge in [0.25, 0.3) is 0 Å². The van der Waals surface area contributed by atoms with Gasteiger partial charge in [-0.2, -0.15) is 0 Å². The third kappa shape index (κ3) is 1.43. The topological polar surface area (TPSA) is 64.1 Å². The minimum atomic E-state index is -0.459. The van der Waals surface area contributed by atoms with Crippen LogP contribution in [0.3, 0.4) is 0 Å². The highest BCUT2D eigenvalue weighted by Crippen LogP contribution is 2.45. The Balaban J connectivity index is 2.05. The Morgan fingerprint density at radius 2 is 2.25 bits per heavy atom. The van der Waals surface area contributed by atoms with E-state index in [4.69, 9.17) is 16.3 Å². The average Bonchev–Trinajstić information content (AvgIpc) is 2.14. The molecule has 0 saturated heterocycles. The molecule has 1 aliphatic heterocycles. The zero-order valence-corrected chi connectivity index (χ0v) is 9.20. The number of hydrogen-bond acceptors (Lipinski definition) is 4. The van der Waals surface area contributed by atoms with Gasteiger partial charge in [-0.05, 0) is 12.8 Å². The Labute approximate surface area is 97.2 Å². The highest BCUT2D eigenvalue weighted by atomic mass is 35.5. The number of nitrogens with zero attached hydrogens (tertiary/aromatic N) is 2. The van der Waals surface area contributed by atoms with Gasteiger partial charge in [0.1, 0.15) is 23.4 Å². The molecule has 2 heterocycles. The number of carbonyl (C=O) groups is 1. The third-order valence-electron chi connectivity index (χ3n) is 3.15. The van der Waals surface area contributed by atoms with Gasteiger partial charge in [-0.3, -0.25) is 5.32 Å². The second kappa shape index (κ2) is 3.59. The third-order valence-corrected chi connectivity index (χ3v) is 3.45. The fraction of sp³-hybridized carbons (Fsp3) is 0.500. The summed E-state index contributed by atoms with van der Waals surface area (Å²) in [6, 6.07) is 0. The van der Waals surface area contributed by atoms with E-state index in [2.05, 4.69) is 15.3 Å². The van der Waals surface area contributed by atoms with Gasteiger partial charge in [-0.1, -0.05) is 18.0 Å². The van der Waals surface area contributed by atoms with E-state index in [0.29, 0.717) is 22.5 Å². The van der Waals surface area contributed by atoms with Gasteiger partial charge in [0.2, 0.25) is 0 Å². The lowest BCUT2D eigenvalue weighted by molar-refractivity contribution is 0.0358. The minimum Gasteiger partial charge on any atom is -0.441 e. The summed E-state index contributed by atoms with van der Waals surface area (Å²) in [5, 5.41) is 2.90. The number of rotatable bonds is 1. The quantitative estimate of drug-likeness (QED) is 0.765. The van der Waals surface area contributed by atoms with Crippen LogP contribution in [0.2, 0.25) is 5.15 Å². The first-order valence-electron chi connectivity index (χ1n) is 5.24. The molecule has 6 heteroatoms. The number of halogens is 1. The van der Waals surface area contributed by atoms with Crippen LogP contribution < -0.4 is 5.32 Å². The molecule has 1 unspecified atom stereocenters. The van der Waals surface area contributed by atoms with Crippen molar-refractivity contribution in [2.45, 2.75) is 25.4 Å². The largest absolute Gasteiger partial charge is 0.441 e.